The Bertz CT molecular complexity index is 701. The van der Waals surface area contributed by atoms with E-state index in [9.17, 15) is 9.90 Å². The van der Waals surface area contributed by atoms with Crippen molar-refractivity contribution in [2.45, 2.75) is 51.0 Å². The summed E-state index contributed by atoms with van der Waals surface area (Å²) in [6, 6.07) is 7.97. The summed E-state index contributed by atoms with van der Waals surface area (Å²) in [5.41, 5.74) is 1.33. The highest BCUT2D eigenvalue weighted by Gasteiger charge is 2.31. The summed E-state index contributed by atoms with van der Waals surface area (Å²) >= 11 is 0. The fraction of sp³-hybridized carbons (Fsp3) is 0.474. The molecule has 0 radical (unpaired) electrons. The molecule has 4 heteroatoms. The molecule has 122 valence electrons. The van der Waals surface area contributed by atoms with Crippen LogP contribution in [0.2, 0.25) is 0 Å². The van der Waals surface area contributed by atoms with Crippen LogP contribution in [0.3, 0.4) is 0 Å². The van der Waals surface area contributed by atoms with E-state index in [0.717, 1.165) is 23.1 Å². The molecule has 23 heavy (non-hydrogen) atoms. The Hall–Kier alpha value is -1.94. The van der Waals surface area contributed by atoms with E-state index in [1.807, 2.05) is 25.1 Å². The number of ether oxygens (including phenoxy) is 1. The monoisotopic (exact) mass is 313 g/mol. The van der Waals surface area contributed by atoms with Crippen LogP contribution < -0.4 is 4.74 Å². The van der Waals surface area contributed by atoms with E-state index < -0.39 is 5.60 Å². The Kier molecular flexibility index (Phi) is 4.62. The van der Waals surface area contributed by atoms with Crippen LogP contribution in [0.5, 0.6) is 5.75 Å². The number of aliphatic hydroxyl groups is 1. The zero-order valence-corrected chi connectivity index (χ0v) is 13.5. The summed E-state index contributed by atoms with van der Waals surface area (Å²) in [7, 11) is 0. The second-order valence-electron chi connectivity index (χ2n) is 6.32. The fourth-order valence-electron chi connectivity index (χ4n) is 3.31. The van der Waals surface area contributed by atoms with Crippen molar-refractivity contribution in [2.24, 2.45) is 0 Å². The number of hydrogen-bond acceptors (Lipinski definition) is 4. The Morgan fingerprint density at radius 3 is 2.78 bits per heavy atom. The number of carbonyl (C=O) groups is 1. The SMILES string of the molecule is CCOc1cccc2c(CCC3(O)CCC(=O)CC3)ccnc12. The first-order valence-electron chi connectivity index (χ1n) is 8.35. The predicted molar refractivity (Wildman–Crippen MR) is 89.7 cm³/mol. The number of aromatic nitrogens is 1. The van der Waals surface area contributed by atoms with Crippen LogP contribution in [0.4, 0.5) is 0 Å². The molecule has 0 bridgehead atoms. The molecule has 3 rings (SSSR count). The lowest BCUT2D eigenvalue weighted by Crippen LogP contribution is -2.34. The summed E-state index contributed by atoms with van der Waals surface area (Å²) in [5.74, 6) is 1.07. The summed E-state index contributed by atoms with van der Waals surface area (Å²) in [6.45, 7) is 2.57. The highest BCUT2D eigenvalue weighted by atomic mass is 16.5. The van der Waals surface area contributed by atoms with Crippen LogP contribution in [-0.2, 0) is 11.2 Å². The summed E-state index contributed by atoms with van der Waals surface area (Å²) in [4.78, 5) is 15.8. The van der Waals surface area contributed by atoms with E-state index in [1.165, 1.54) is 5.56 Å². The van der Waals surface area contributed by atoms with Crippen molar-refractivity contribution in [3.8, 4) is 5.75 Å². The first-order valence-corrected chi connectivity index (χ1v) is 8.35. The van der Waals surface area contributed by atoms with Crippen molar-refractivity contribution in [1.82, 2.24) is 4.98 Å². The van der Waals surface area contributed by atoms with Crippen LogP contribution >= 0.6 is 0 Å². The first kappa shape index (κ1) is 15.9. The van der Waals surface area contributed by atoms with Gasteiger partial charge in [0.25, 0.3) is 0 Å². The van der Waals surface area contributed by atoms with Crippen molar-refractivity contribution in [2.75, 3.05) is 6.61 Å². The number of Topliss-reactive ketones (excluding diaryl/α,β-unsaturated/α-hetero) is 1. The average molecular weight is 313 g/mol. The molecule has 1 saturated carbocycles. The number of carbonyl (C=O) groups excluding carboxylic acids is 1. The molecule has 1 aromatic heterocycles. The number of benzene rings is 1. The van der Waals surface area contributed by atoms with E-state index >= 15 is 0 Å². The number of ketones is 1. The first-order chi connectivity index (χ1) is 11.1. The maximum Gasteiger partial charge on any atom is 0.145 e. The number of pyridine rings is 1. The van der Waals surface area contributed by atoms with Gasteiger partial charge in [0.05, 0.1) is 12.2 Å². The largest absolute Gasteiger partial charge is 0.492 e. The molecule has 1 aliphatic rings. The molecule has 2 aromatic rings. The van der Waals surface area contributed by atoms with Gasteiger partial charge in [-0.25, -0.2) is 0 Å². The van der Waals surface area contributed by atoms with Gasteiger partial charge in [0.15, 0.2) is 0 Å². The summed E-state index contributed by atoms with van der Waals surface area (Å²) in [6.07, 6.45) is 5.43. The lowest BCUT2D eigenvalue weighted by atomic mass is 9.80. The van der Waals surface area contributed by atoms with Crippen molar-refractivity contribution >= 4 is 16.7 Å². The molecule has 1 aliphatic carbocycles. The molecule has 1 N–H and O–H groups in total. The van der Waals surface area contributed by atoms with Crippen molar-refractivity contribution in [3.05, 3.63) is 36.0 Å². The second kappa shape index (κ2) is 6.67. The lowest BCUT2D eigenvalue weighted by molar-refractivity contribution is -0.125. The summed E-state index contributed by atoms with van der Waals surface area (Å²) in [5, 5.41) is 11.7. The Morgan fingerprint density at radius 2 is 2.04 bits per heavy atom. The van der Waals surface area contributed by atoms with Gasteiger partial charge >= 0.3 is 0 Å². The highest BCUT2D eigenvalue weighted by molar-refractivity contribution is 5.87. The standard InChI is InChI=1S/C19H23NO3/c1-2-23-17-5-3-4-16-14(9-13-20-18(16)17)6-10-19(22)11-7-15(21)8-12-19/h3-5,9,13,22H,2,6-8,10-12H2,1H3. The van der Waals surface area contributed by atoms with Gasteiger partial charge in [0.1, 0.15) is 17.0 Å². The zero-order valence-electron chi connectivity index (χ0n) is 13.5. The normalized spacial score (nSPS) is 17.4. The van der Waals surface area contributed by atoms with Gasteiger partial charge in [-0.2, -0.15) is 0 Å². The molecule has 0 unspecified atom stereocenters. The van der Waals surface area contributed by atoms with Gasteiger partial charge in [-0.05, 0) is 50.3 Å². The van der Waals surface area contributed by atoms with Crippen LogP contribution in [0.1, 0.15) is 44.6 Å². The molecule has 1 fully saturated rings. The Balaban J connectivity index is 1.80. The van der Waals surface area contributed by atoms with Crippen LogP contribution in [0.15, 0.2) is 30.5 Å². The van der Waals surface area contributed by atoms with Crippen molar-refractivity contribution in [3.63, 3.8) is 0 Å². The molecule has 1 heterocycles. The number of aryl methyl sites for hydroxylation is 1. The number of rotatable bonds is 5. The van der Waals surface area contributed by atoms with E-state index in [1.54, 1.807) is 6.20 Å². The molecular weight excluding hydrogens is 290 g/mol. The molecule has 0 atom stereocenters. The topological polar surface area (TPSA) is 59.4 Å². The Labute approximate surface area is 136 Å². The van der Waals surface area contributed by atoms with Crippen molar-refractivity contribution in [1.29, 1.82) is 0 Å². The quantitative estimate of drug-likeness (QED) is 0.918. The molecular formula is C19H23NO3. The van der Waals surface area contributed by atoms with Gasteiger partial charge < -0.3 is 9.84 Å². The minimum absolute atomic E-state index is 0.269. The smallest absolute Gasteiger partial charge is 0.145 e. The van der Waals surface area contributed by atoms with E-state index in [-0.39, 0.29) is 5.78 Å². The maximum atomic E-state index is 11.4. The van der Waals surface area contributed by atoms with Crippen LogP contribution in [0.25, 0.3) is 10.9 Å². The number of fused-ring (bicyclic) bond motifs is 1. The molecule has 1 aromatic carbocycles. The van der Waals surface area contributed by atoms with E-state index in [0.29, 0.717) is 38.7 Å². The maximum absolute atomic E-state index is 11.4. The van der Waals surface area contributed by atoms with Gasteiger partial charge in [-0.15, -0.1) is 0 Å². The summed E-state index contributed by atoms with van der Waals surface area (Å²) < 4.78 is 5.65. The molecule has 0 saturated heterocycles. The second-order valence-corrected chi connectivity index (χ2v) is 6.32. The third-order valence-corrected chi connectivity index (χ3v) is 4.72. The third kappa shape index (κ3) is 3.53. The van der Waals surface area contributed by atoms with Crippen molar-refractivity contribution < 1.29 is 14.6 Å². The predicted octanol–water partition coefficient (Wildman–Crippen LogP) is 3.44. The number of hydrogen-bond donors (Lipinski definition) is 1. The molecule has 0 amide bonds. The van der Waals surface area contributed by atoms with Crippen LogP contribution in [-0.4, -0.2) is 28.1 Å². The van der Waals surface area contributed by atoms with E-state index in [2.05, 4.69) is 11.1 Å². The molecule has 0 spiro atoms. The average Bonchev–Trinajstić information content (AvgIpc) is 2.57. The Morgan fingerprint density at radius 1 is 1.26 bits per heavy atom. The van der Waals surface area contributed by atoms with Gasteiger partial charge in [-0.1, -0.05) is 12.1 Å². The number of para-hydroxylation sites is 1. The fourth-order valence-corrected chi connectivity index (χ4v) is 3.31. The highest BCUT2D eigenvalue weighted by Crippen LogP contribution is 2.32. The minimum Gasteiger partial charge on any atom is -0.492 e. The minimum atomic E-state index is -0.707. The van der Waals surface area contributed by atoms with Crippen LogP contribution in [0, 0.1) is 0 Å². The number of nitrogens with zero attached hydrogens (tertiary/aromatic N) is 1. The van der Waals surface area contributed by atoms with E-state index in [4.69, 9.17) is 4.74 Å². The van der Waals surface area contributed by atoms with Gasteiger partial charge in [-0.3, -0.25) is 9.78 Å². The van der Waals surface area contributed by atoms with Gasteiger partial charge in [0.2, 0.25) is 0 Å². The lowest BCUT2D eigenvalue weighted by Gasteiger charge is -2.31. The van der Waals surface area contributed by atoms with Gasteiger partial charge in [0, 0.05) is 24.4 Å². The third-order valence-electron chi connectivity index (χ3n) is 4.72. The molecule has 4 nitrogen and oxygen atoms in total. The zero-order chi connectivity index (χ0) is 16.3. The molecule has 0 aliphatic heterocycles.